The molecule has 0 heterocycles. The molecule has 0 unspecified atom stereocenters. The van der Waals surface area contributed by atoms with Crippen molar-refractivity contribution >= 4 is 68.9 Å². The predicted molar refractivity (Wildman–Crippen MR) is 253 cm³/mol. The van der Waals surface area contributed by atoms with Gasteiger partial charge in [0.25, 0.3) is 0 Å². The van der Waals surface area contributed by atoms with E-state index >= 15 is 0 Å². The van der Waals surface area contributed by atoms with E-state index in [9.17, 15) is 0 Å². The minimum absolute atomic E-state index is 0.563. The van der Waals surface area contributed by atoms with Gasteiger partial charge in [0.2, 0.25) is 0 Å². The quantitative estimate of drug-likeness (QED) is 0.136. The molecule has 59 heavy (non-hydrogen) atoms. The number of rotatable bonds is 10. The molecule has 9 aromatic carbocycles. The summed E-state index contributed by atoms with van der Waals surface area (Å²) < 4.78 is 0. The Kier molecular flexibility index (Phi) is 11.0. The summed E-state index contributed by atoms with van der Waals surface area (Å²) in [6.45, 7) is 0. The van der Waals surface area contributed by atoms with Crippen LogP contribution in [-0.4, -0.2) is 0 Å². The summed E-state index contributed by atoms with van der Waals surface area (Å²) in [6, 6.07) is 77.2. The topological polar surface area (TPSA) is 6.48 Å². The Morgan fingerprint density at radius 1 is 0.237 bits per heavy atom. The van der Waals surface area contributed by atoms with Crippen LogP contribution in [0.2, 0.25) is 15.1 Å². The molecule has 0 saturated carbocycles. The van der Waals surface area contributed by atoms with Gasteiger partial charge in [0.05, 0.1) is 11.4 Å². The van der Waals surface area contributed by atoms with Gasteiger partial charge >= 0.3 is 0 Å². The van der Waals surface area contributed by atoms with E-state index in [2.05, 4.69) is 161 Å². The van der Waals surface area contributed by atoms with Gasteiger partial charge in [-0.25, -0.2) is 0 Å². The molecule has 5 heteroatoms. The zero-order valence-electron chi connectivity index (χ0n) is 31.9. The molecular formula is C54H37Cl3N2. The molecule has 0 aliphatic heterocycles. The summed E-state index contributed by atoms with van der Waals surface area (Å²) in [5.74, 6) is 0. The molecule has 0 aromatic heterocycles. The average molecular weight is 820 g/mol. The lowest BCUT2D eigenvalue weighted by molar-refractivity contribution is 1.25. The number of benzene rings is 9. The van der Waals surface area contributed by atoms with Crippen LogP contribution in [0.5, 0.6) is 0 Å². The molecule has 2 nitrogen and oxygen atoms in total. The minimum Gasteiger partial charge on any atom is -0.309 e. The molecule has 0 bridgehead atoms. The molecule has 9 rings (SSSR count). The lowest BCUT2D eigenvalue weighted by Gasteiger charge is -2.34. The highest BCUT2D eigenvalue weighted by atomic mass is 35.5. The van der Waals surface area contributed by atoms with Crippen LogP contribution in [0.3, 0.4) is 0 Å². The van der Waals surface area contributed by atoms with E-state index in [4.69, 9.17) is 34.8 Å². The fourth-order valence-corrected chi connectivity index (χ4v) is 8.43. The van der Waals surface area contributed by atoms with Crippen molar-refractivity contribution in [3.05, 3.63) is 240 Å². The van der Waals surface area contributed by atoms with E-state index in [1.54, 1.807) is 0 Å². The molecule has 0 radical (unpaired) electrons. The Morgan fingerprint density at radius 2 is 0.525 bits per heavy atom. The number of nitrogens with zero attached hydrogens (tertiary/aromatic N) is 2. The van der Waals surface area contributed by atoms with E-state index in [0.717, 1.165) is 78.6 Å². The smallest absolute Gasteiger partial charge is 0.0618 e. The molecule has 284 valence electrons. The van der Waals surface area contributed by atoms with Crippen LogP contribution in [0.25, 0.3) is 44.5 Å². The van der Waals surface area contributed by atoms with Crippen LogP contribution in [0.15, 0.2) is 224 Å². The average Bonchev–Trinajstić information content (AvgIpc) is 3.28. The zero-order chi connectivity index (χ0) is 40.1. The second kappa shape index (κ2) is 17.1. The Hall–Kier alpha value is -6.55. The first-order valence-corrected chi connectivity index (χ1v) is 20.5. The van der Waals surface area contributed by atoms with E-state index in [1.165, 1.54) is 0 Å². The SMILES string of the molecule is Clc1cccc(N(c2cc(Cl)cc(N(c3cccc(Cl)c3)c3c(-c4ccccc4)cccc3-c3ccccc3)c2)c2c(-c3ccccc3)cccc2-c2ccccc2)c1. The third-order valence-corrected chi connectivity index (χ3v) is 11.1. The monoisotopic (exact) mass is 818 g/mol. The van der Waals surface area contributed by atoms with Crippen molar-refractivity contribution in [2.75, 3.05) is 9.80 Å². The molecule has 0 atom stereocenters. The Morgan fingerprint density at radius 3 is 0.831 bits per heavy atom. The molecule has 0 aliphatic rings. The van der Waals surface area contributed by atoms with Gasteiger partial charge in [-0.05, 0) is 76.9 Å². The van der Waals surface area contributed by atoms with Crippen LogP contribution >= 0.6 is 34.8 Å². The first-order valence-electron chi connectivity index (χ1n) is 19.4. The van der Waals surface area contributed by atoms with Gasteiger partial charge in [0.1, 0.15) is 0 Å². The lowest BCUT2D eigenvalue weighted by atomic mass is 9.93. The van der Waals surface area contributed by atoms with Gasteiger partial charge < -0.3 is 9.80 Å². The summed E-state index contributed by atoms with van der Waals surface area (Å²) in [5.41, 5.74) is 14.0. The summed E-state index contributed by atoms with van der Waals surface area (Å²) >= 11 is 21.1. The van der Waals surface area contributed by atoms with Gasteiger partial charge in [-0.1, -0.05) is 205 Å². The van der Waals surface area contributed by atoms with Crippen molar-refractivity contribution in [3.63, 3.8) is 0 Å². The van der Waals surface area contributed by atoms with Gasteiger partial charge in [0.15, 0.2) is 0 Å². The maximum absolute atomic E-state index is 7.37. The van der Waals surface area contributed by atoms with Crippen LogP contribution in [0.1, 0.15) is 0 Å². The highest BCUT2D eigenvalue weighted by Gasteiger charge is 2.26. The summed E-state index contributed by atoms with van der Waals surface area (Å²) in [6.07, 6.45) is 0. The normalized spacial score (nSPS) is 11.0. The molecular weight excluding hydrogens is 783 g/mol. The van der Waals surface area contributed by atoms with E-state index < -0.39 is 0 Å². The largest absolute Gasteiger partial charge is 0.309 e. The Balaban J connectivity index is 1.36. The third kappa shape index (κ3) is 7.99. The molecule has 0 fully saturated rings. The highest BCUT2D eigenvalue weighted by Crippen LogP contribution is 2.51. The van der Waals surface area contributed by atoms with Crippen molar-refractivity contribution in [2.45, 2.75) is 0 Å². The predicted octanol–water partition coefficient (Wildman–Crippen LogP) is 17.3. The van der Waals surface area contributed by atoms with Crippen molar-refractivity contribution in [1.82, 2.24) is 0 Å². The van der Waals surface area contributed by atoms with Gasteiger partial charge in [-0.3, -0.25) is 0 Å². The molecule has 0 spiro atoms. The molecule has 0 amide bonds. The molecule has 9 aromatic rings. The van der Waals surface area contributed by atoms with Crippen molar-refractivity contribution in [2.24, 2.45) is 0 Å². The van der Waals surface area contributed by atoms with Crippen LogP contribution < -0.4 is 9.80 Å². The molecule has 0 aliphatic carbocycles. The van der Waals surface area contributed by atoms with E-state index in [0.29, 0.717) is 15.1 Å². The maximum Gasteiger partial charge on any atom is 0.0618 e. The minimum atomic E-state index is 0.563. The lowest BCUT2D eigenvalue weighted by Crippen LogP contribution is -2.16. The van der Waals surface area contributed by atoms with Gasteiger partial charge in [-0.15, -0.1) is 0 Å². The molecule has 0 N–H and O–H groups in total. The van der Waals surface area contributed by atoms with Crippen LogP contribution in [0, 0.1) is 0 Å². The van der Waals surface area contributed by atoms with E-state index in [1.807, 2.05) is 72.8 Å². The highest BCUT2D eigenvalue weighted by molar-refractivity contribution is 6.32. The van der Waals surface area contributed by atoms with E-state index in [-0.39, 0.29) is 0 Å². The number of halogens is 3. The second-order valence-electron chi connectivity index (χ2n) is 14.2. The maximum atomic E-state index is 7.37. The Labute approximate surface area is 360 Å². The van der Waals surface area contributed by atoms with Crippen molar-refractivity contribution in [3.8, 4) is 44.5 Å². The molecule has 0 saturated heterocycles. The third-order valence-electron chi connectivity index (χ3n) is 10.4. The van der Waals surface area contributed by atoms with Crippen molar-refractivity contribution in [1.29, 1.82) is 0 Å². The zero-order valence-corrected chi connectivity index (χ0v) is 34.2. The summed E-state index contributed by atoms with van der Waals surface area (Å²) in [5, 5.41) is 1.81. The number of anilines is 6. The van der Waals surface area contributed by atoms with Crippen molar-refractivity contribution < 1.29 is 0 Å². The van der Waals surface area contributed by atoms with Gasteiger partial charge in [-0.2, -0.15) is 0 Å². The summed E-state index contributed by atoms with van der Waals surface area (Å²) in [7, 11) is 0. The number of hydrogen-bond donors (Lipinski definition) is 0. The Bertz CT molecular complexity index is 2550. The number of hydrogen-bond acceptors (Lipinski definition) is 2. The van der Waals surface area contributed by atoms with Crippen LogP contribution in [-0.2, 0) is 0 Å². The fourth-order valence-electron chi connectivity index (χ4n) is 7.83. The fraction of sp³-hybridized carbons (Fsp3) is 0. The standard InChI is InChI=1S/C54H37Cl3N2/c55-42-25-13-27-45(33-42)58(53-49(38-17-5-1-6-18-38)29-15-30-50(53)39-19-7-2-8-20-39)47-35-44(57)36-48(37-47)59(46-28-14-26-43(56)34-46)54-51(40-21-9-3-10-22-40)31-16-32-52(54)41-23-11-4-12-24-41/h1-37H. The first kappa shape index (κ1) is 38.0. The van der Waals surface area contributed by atoms with Crippen LogP contribution in [0.4, 0.5) is 34.1 Å². The van der Waals surface area contributed by atoms with Gasteiger partial charge in [0, 0.05) is 60.1 Å². The summed E-state index contributed by atoms with van der Waals surface area (Å²) in [4.78, 5) is 4.56. The second-order valence-corrected chi connectivity index (χ2v) is 15.5. The number of para-hydroxylation sites is 2. The first-order chi connectivity index (χ1) is 29.0.